The topological polar surface area (TPSA) is 86.5 Å². The van der Waals surface area contributed by atoms with Gasteiger partial charge in [-0.3, -0.25) is 0 Å². The zero-order valence-electron chi connectivity index (χ0n) is 15.7. The standard InChI is InChI=1S/C19H25N3O4/c1-5-16-21-17(22-26-16)13-6-8-14-12(10-13)7-9-15(14)20-18(23)25-11-19(2,3)24-4/h6,8,10,15H,5,7,9,11H2,1-4H3,(H,20,23)/t15-/m1/s1. The number of aryl methyl sites for hydroxylation is 2. The molecule has 1 aliphatic rings. The Kier molecular flexibility index (Phi) is 5.27. The molecular formula is C19H25N3O4. The first-order valence-electron chi connectivity index (χ1n) is 8.86. The van der Waals surface area contributed by atoms with E-state index in [1.54, 1.807) is 7.11 Å². The minimum atomic E-state index is -0.498. The van der Waals surface area contributed by atoms with E-state index >= 15 is 0 Å². The van der Waals surface area contributed by atoms with Crippen molar-refractivity contribution in [1.29, 1.82) is 0 Å². The van der Waals surface area contributed by atoms with Gasteiger partial charge in [0.05, 0.1) is 11.6 Å². The third-order valence-electron chi connectivity index (χ3n) is 4.65. The second-order valence-electron chi connectivity index (χ2n) is 7.05. The quantitative estimate of drug-likeness (QED) is 0.850. The zero-order chi connectivity index (χ0) is 18.7. The molecule has 1 aromatic heterocycles. The summed E-state index contributed by atoms with van der Waals surface area (Å²) in [5, 5.41) is 6.96. The fourth-order valence-corrected chi connectivity index (χ4v) is 2.90. The molecule has 1 amide bonds. The SMILES string of the molecule is CCc1nc(-c2ccc3c(c2)CC[C@H]3NC(=O)OCC(C)(C)OC)no1. The molecule has 0 saturated carbocycles. The van der Waals surface area contributed by atoms with Gasteiger partial charge in [-0.05, 0) is 43.9 Å². The number of carbonyl (C=O) groups excluding carboxylic acids is 1. The van der Waals surface area contributed by atoms with Crippen molar-refractivity contribution in [1.82, 2.24) is 15.5 Å². The summed E-state index contributed by atoms with van der Waals surface area (Å²) < 4.78 is 15.7. The van der Waals surface area contributed by atoms with Crippen LogP contribution >= 0.6 is 0 Å². The van der Waals surface area contributed by atoms with Crippen LogP contribution < -0.4 is 5.32 Å². The molecule has 0 saturated heterocycles. The van der Waals surface area contributed by atoms with Gasteiger partial charge in [0, 0.05) is 19.1 Å². The zero-order valence-corrected chi connectivity index (χ0v) is 15.7. The van der Waals surface area contributed by atoms with Gasteiger partial charge in [-0.1, -0.05) is 24.2 Å². The van der Waals surface area contributed by atoms with Crippen LogP contribution in [-0.2, 0) is 22.3 Å². The summed E-state index contributed by atoms with van der Waals surface area (Å²) in [6.07, 6.45) is 2.01. The second kappa shape index (κ2) is 7.45. The number of amides is 1. The maximum absolute atomic E-state index is 12.1. The van der Waals surface area contributed by atoms with Gasteiger partial charge in [-0.2, -0.15) is 4.98 Å². The van der Waals surface area contributed by atoms with Crippen LogP contribution in [0, 0.1) is 0 Å². The van der Waals surface area contributed by atoms with Crippen LogP contribution in [0.4, 0.5) is 4.79 Å². The van der Waals surface area contributed by atoms with Crippen molar-refractivity contribution in [2.24, 2.45) is 0 Å². The first-order valence-corrected chi connectivity index (χ1v) is 8.86. The van der Waals surface area contributed by atoms with Crippen molar-refractivity contribution in [3.05, 3.63) is 35.2 Å². The first kappa shape index (κ1) is 18.4. The number of carbonyl (C=O) groups is 1. The monoisotopic (exact) mass is 359 g/mol. The van der Waals surface area contributed by atoms with Crippen molar-refractivity contribution in [2.75, 3.05) is 13.7 Å². The van der Waals surface area contributed by atoms with Gasteiger partial charge in [-0.25, -0.2) is 4.79 Å². The molecule has 140 valence electrons. The highest BCUT2D eigenvalue weighted by atomic mass is 16.6. The number of aromatic nitrogens is 2. The molecular weight excluding hydrogens is 334 g/mol. The smallest absolute Gasteiger partial charge is 0.407 e. The molecule has 1 N–H and O–H groups in total. The summed E-state index contributed by atoms with van der Waals surface area (Å²) in [6.45, 7) is 5.91. The van der Waals surface area contributed by atoms with E-state index in [9.17, 15) is 4.79 Å². The summed E-state index contributed by atoms with van der Waals surface area (Å²) in [7, 11) is 1.60. The fourth-order valence-electron chi connectivity index (χ4n) is 2.90. The number of fused-ring (bicyclic) bond motifs is 1. The largest absolute Gasteiger partial charge is 0.447 e. The van der Waals surface area contributed by atoms with E-state index in [-0.39, 0.29) is 12.6 Å². The van der Waals surface area contributed by atoms with Crippen LogP contribution in [0.25, 0.3) is 11.4 Å². The number of hydrogen-bond acceptors (Lipinski definition) is 6. The van der Waals surface area contributed by atoms with Crippen molar-refractivity contribution < 1.29 is 18.8 Å². The van der Waals surface area contributed by atoms with Crippen LogP contribution in [0.2, 0.25) is 0 Å². The highest BCUT2D eigenvalue weighted by Gasteiger charge is 2.26. The summed E-state index contributed by atoms with van der Waals surface area (Å²) in [5.41, 5.74) is 2.72. The highest BCUT2D eigenvalue weighted by Crippen LogP contribution is 2.33. The molecule has 1 aromatic carbocycles. The molecule has 0 fully saturated rings. The molecule has 7 nitrogen and oxygen atoms in total. The average molecular weight is 359 g/mol. The minimum absolute atomic E-state index is 0.0475. The summed E-state index contributed by atoms with van der Waals surface area (Å²) in [5.74, 6) is 1.23. The van der Waals surface area contributed by atoms with Gasteiger partial charge in [0.2, 0.25) is 11.7 Å². The second-order valence-corrected chi connectivity index (χ2v) is 7.05. The molecule has 3 rings (SSSR count). The van der Waals surface area contributed by atoms with Crippen molar-refractivity contribution in [2.45, 2.75) is 51.7 Å². The van der Waals surface area contributed by atoms with Gasteiger partial charge in [-0.15, -0.1) is 0 Å². The van der Waals surface area contributed by atoms with E-state index < -0.39 is 11.7 Å². The van der Waals surface area contributed by atoms with Crippen LogP contribution in [0.3, 0.4) is 0 Å². The lowest BCUT2D eigenvalue weighted by Gasteiger charge is -2.23. The Morgan fingerprint density at radius 2 is 2.23 bits per heavy atom. The van der Waals surface area contributed by atoms with Crippen molar-refractivity contribution >= 4 is 6.09 Å². The number of nitrogens with zero attached hydrogens (tertiary/aromatic N) is 2. The molecule has 0 unspecified atom stereocenters. The molecule has 1 atom stereocenters. The Labute approximate surface area is 153 Å². The van der Waals surface area contributed by atoms with Crippen molar-refractivity contribution in [3.8, 4) is 11.4 Å². The van der Waals surface area contributed by atoms with E-state index in [1.165, 1.54) is 5.56 Å². The first-order chi connectivity index (χ1) is 12.4. The molecule has 0 spiro atoms. The van der Waals surface area contributed by atoms with Gasteiger partial charge in [0.1, 0.15) is 6.61 Å². The third kappa shape index (κ3) is 4.04. The van der Waals surface area contributed by atoms with E-state index in [0.717, 1.165) is 24.0 Å². The maximum atomic E-state index is 12.1. The molecule has 26 heavy (non-hydrogen) atoms. The molecule has 1 aliphatic carbocycles. The van der Waals surface area contributed by atoms with E-state index in [4.69, 9.17) is 14.0 Å². The molecule has 0 bridgehead atoms. The van der Waals surface area contributed by atoms with Crippen LogP contribution in [0.15, 0.2) is 22.7 Å². The van der Waals surface area contributed by atoms with Gasteiger partial charge < -0.3 is 19.3 Å². The fraction of sp³-hybridized carbons (Fsp3) is 0.526. The number of methoxy groups -OCH3 is 1. The lowest BCUT2D eigenvalue weighted by atomic mass is 10.0. The Morgan fingerprint density at radius 3 is 2.92 bits per heavy atom. The van der Waals surface area contributed by atoms with E-state index in [1.807, 2.05) is 32.9 Å². The van der Waals surface area contributed by atoms with Gasteiger partial charge in [0.25, 0.3) is 0 Å². The summed E-state index contributed by atoms with van der Waals surface area (Å²) >= 11 is 0. The number of benzene rings is 1. The van der Waals surface area contributed by atoms with Gasteiger partial charge >= 0.3 is 6.09 Å². The normalized spacial score (nSPS) is 16.4. The van der Waals surface area contributed by atoms with Crippen LogP contribution in [-0.4, -0.2) is 35.6 Å². The Bertz CT molecular complexity index is 785. The predicted molar refractivity (Wildman–Crippen MR) is 95.7 cm³/mol. The maximum Gasteiger partial charge on any atom is 0.407 e. The number of alkyl carbamates (subject to hydrolysis) is 1. The van der Waals surface area contributed by atoms with Crippen molar-refractivity contribution in [3.63, 3.8) is 0 Å². The van der Waals surface area contributed by atoms with Crippen LogP contribution in [0.1, 0.15) is 50.3 Å². The minimum Gasteiger partial charge on any atom is -0.447 e. The Balaban J connectivity index is 1.65. The summed E-state index contributed by atoms with van der Waals surface area (Å²) in [6, 6.07) is 6.00. The van der Waals surface area contributed by atoms with Gasteiger partial charge in [0.15, 0.2) is 0 Å². The number of rotatable bonds is 6. The van der Waals surface area contributed by atoms with Crippen LogP contribution in [0.5, 0.6) is 0 Å². The predicted octanol–water partition coefficient (Wildman–Crippen LogP) is 3.44. The molecule has 0 radical (unpaired) electrons. The van der Waals surface area contributed by atoms with E-state index in [0.29, 0.717) is 18.1 Å². The molecule has 1 heterocycles. The summed E-state index contributed by atoms with van der Waals surface area (Å²) in [4.78, 5) is 16.4. The molecule has 7 heteroatoms. The Morgan fingerprint density at radius 1 is 1.42 bits per heavy atom. The lowest BCUT2D eigenvalue weighted by molar-refractivity contribution is -0.0291. The molecule has 2 aromatic rings. The number of hydrogen-bond donors (Lipinski definition) is 1. The Hall–Kier alpha value is -2.41. The molecule has 0 aliphatic heterocycles. The lowest BCUT2D eigenvalue weighted by Crippen LogP contribution is -2.35. The van der Waals surface area contributed by atoms with E-state index in [2.05, 4.69) is 21.5 Å². The third-order valence-corrected chi connectivity index (χ3v) is 4.65. The average Bonchev–Trinajstić information content (AvgIpc) is 3.27. The number of nitrogens with one attached hydrogen (secondary N) is 1. The highest BCUT2D eigenvalue weighted by molar-refractivity contribution is 5.68. The number of ether oxygens (including phenoxy) is 2.